The molecule has 7 nitrogen and oxygen atoms in total. The number of ether oxygens (including phenoxy) is 2. The molecule has 1 atom stereocenters. The Morgan fingerprint density at radius 1 is 1.06 bits per heavy atom. The third-order valence-corrected chi connectivity index (χ3v) is 5.69. The maximum atomic E-state index is 12.5. The van der Waals surface area contributed by atoms with E-state index in [0.717, 1.165) is 24.0 Å². The Bertz CT molecular complexity index is 802. The van der Waals surface area contributed by atoms with Crippen LogP contribution in [0.3, 0.4) is 0 Å². The SMILES string of the molecule is CC(C)CC(=O)OCCCOCC(=O)N(C)Cc1ccc(CC(=O)C2CCCCC2=O)cc1. The second kappa shape index (κ2) is 13.9. The summed E-state index contributed by atoms with van der Waals surface area (Å²) in [7, 11) is 1.71. The fourth-order valence-corrected chi connectivity index (χ4v) is 3.78. The molecule has 1 saturated carbocycles. The minimum Gasteiger partial charge on any atom is -0.466 e. The average Bonchev–Trinajstić information content (AvgIpc) is 2.77. The molecule has 0 aliphatic heterocycles. The van der Waals surface area contributed by atoms with Gasteiger partial charge in [-0.25, -0.2) is 0 Å². The maximum absolute atomic E-state index is 12.5. The van der Waals surface area contributed by atoms with Crippen molar-refractivity contribution in [2.45, 2.75) is 65.3 Å². The van der Waals surface area contributed by atoms with Crippen LogP contribution in [-0.4, -0.2) is 55.2 Å². The van der Waals surface area contributed by atoms with Crippen molar-refractivity contribution in [3.63, 3.8) is 0 Å². The number of amides is 1. The average molecular weight is 460 g/mol. The van der Waals surface area contributed by atoms with Crippen molar-refractivity contribution in [2.75, 3.05) is 26.9 Å². The number of rotatable bonds is 13. The van der Waals surface area contributed by atoms with Gasteiger partial charge in [0, 0.05) is 39.3 Å². The Morgan fingerprint density at radius 2 is 1.76 bits per heavy atom. The van der Waals surface area contributed by atoms with Crippen LogP contribution in [0.1, 0.15) is 63.5 Å². The topological polar surface area (TPSA) is 90.0 Å². The van der Waals surface area contributed by atoms with Gasteiger partial charge in [-0.2, -0.15) is 0 Å². The molecule has 0 spiro atoms. The molecular weight excluding hydrogens is 422 g/mol. The molecule has 0 aromatic heterocycles. The lowest BCUT2D eigenvalue weighted by Gasteiger charge is -2.19. The standard InChI is InChI=1S/C26H37NO6/c1-19(2)15-26(31)33-14-6-13-32-18-25(30)27(3)17-21-11-9-20(10-12-21)16-24(29)22-7-4-5-8-23(22)28/h9-12,19,22H,4-8,13-18H2,1-3H3. The van der Waals surface area contributed by atoms with Gasteiger partial charge in [0.05, 0.1) is 19.1 Å². The first-order valence-electron chi connectivity index (χ1n) is 11.9. The van der Waals surface area contributed by atoms with Gasteiger partial charge in [0.25, 0.3) is 0 Å². The molecule has 1 aromatic carbocycles. The Morgan fingerprint density at radius 3 is 2.42 bits per heavy atom. The van der Waals surface area contributed by atoms with Crippen molar-refractivity contribution >= 4 is 23.4 Å². The van der Waals surface area contributed by atoms with Crippen molar-refractivity contribution in [3.05, 3.63) is 35.4 Å². The molecule has 0 heterocycles. The second-order valence-electron chi connectivity index (χ2n) is 9.20. The van der Waals surface area contributed by atoms with E-state index >= 15 is 0 Å². The lowest BCUT2D eigenvalue weighted by atomic mass is 9.83. The number of ketones is 2. The number of likely N-dealkylation sites (N-methyl/N-ethyl adjacent to an activating group) is 1. The van der Waals surface area contributed by atoms with Crippen LogP contribution in [0, 0.1) is 11.8 Å². The molecule has 1 unspecified atom stereocenters. The van der Waals surface area contributed by atoms with Gasteiger partial charge in [-0.15, -0.1) is 0 Å². The molecular formula is C26H37NO6. The largest absolute Gasteiger partial charge is 0.466 e. The number of hydrogen-bond acceptors (Lipinski definition) is 6. The van der Waals surface area contributed by atoms with Crippen molar-refractivity contribution in [2.24, 2.45) is 11.8 Å². The predicted molar refractivity (Wildman–Crippen MR) is 124 cm³/mol. The zero-order valence-electron chi connectivity index (χ0n) is 20.1. The van der Waals surface area contributed by atoms with E-state index in [-0.39, 0.29) is 42.4 Å². The van der Waals surface area contributed by atoms with Gasteiger partial charge in [0.15, 0.2) is 0 Å². The van der Waals surface area contributed by atoms with E-state index in [9.17, 15) is 19.2 Å². The minimum absolute atomic E-state index is 0.00609. The quantitative estimate of drug-likeness (QED) is 0.255. The Hall–Kier alpha value is -2.54. The van der Waals surface area contributed by atoms with E-state index in [1.165, 1.54) is 0 Å². The zero-order valence-corrected chi connectivity index (χ0v) is 20.1. The number of carbonyl (C=O) groups excluding carboxylic acids is 4. The predicted octanol–water partition coefficient (Wildman–Crippen LogP) is 3.51. The highest BCUT2D eigenvalue weighted by Crippen LogP contribution is 2.23. The number of hydrogen-bond donors (Lipinski definition) is 0. The maximum Gasteiger partial charge on any atom is 0.306 e. The Balaban J connectivity index is 1.66. The van der Waals surface area contributed by atoms with Crippen LogP contribution in [0.4, 0.5) is 0 Å². The van der Waals surface area contributed by atoms with Crippen LogP contribution < -0.4 is 0 Å². The monoisotopic (exact) mass is 459 g/mol. The molecule has 0 saturated heterocycles. The number of Topliss-reactive ketones (excluding diaryl/α,β-unsaturated/α-hetero) is 2. The summed E-state index contributed by atoms with van der Waals surface area (Å²) in [5, 5.41) is 0. The number of carbonyl (C=O) groups is 4. The van der Waals surface area contributed by atoms with E-state index in [0.29, 0.717) is 45.4 Å². The van der Waals surface area contributed by atoms with E-state index < -0.39 is 5.92 Å². The van der Waals surface area contributed by atoms with E-state index in [1.54, 1.807) is 11.9 Å². The summed E-state index contributed by atoms with van der Waals surface area (Å²) in [5.74, 6) is -0.424. The van der Waals surface area contributed by atoms with Crippen LogP contribution in [0.25, 0.3) is 0 Å². The first kappa shape index (κ1) is 26.7. The molecule has 0 N–H and O–H groups in total. The highest BCUT2D eigenvalue weighted by molar-refractivity contribution is 6.03. The second-order valence-corrected chi connectivity index (χ2v) is 9.20. The van der Waals surface area contributed by atoms with Crippen molar-refractivity contribution in [1.82, 2.24) is 4.90 Å². The molecule has 1 aliphatic rings. The van der Waals surface area contributed by atoms with Crippen LogP contribution in [0.2, 0.25) is 0 Å². The van der Waals surface area contributed by atoms with Gasteiger partial charge in [-0.3, -0.25) is 19.2 Å². The number of esters is 1. The van der Waals surface area contributed by atoms with Crippen LogP contribution >= 0.6 is 0 Å². The number of nitrogens with zero attached hydrogens (tertiary/aromatic N) is 1. The molecule has 1 fully saturated rings. The van der Waals surface area contributed by atoms with E-state index in [4.69, 9.17) is 9.47 Å². The summed E-state index contributed by atoms with van der Waals surface area (Å²) in [6, 6.07) is 7.58. The van der Waals surface area contributed by atoms with Gasteiger partial charge in [0.1, 0.15) is 18.2 Å². The molecule has 33 heavy (non-hydrogen) atoms. The van der Waals surface area contributed by atoms with E-state index in [2.05, 4.69) is 0 Å². The van der Waals surface area contributed by atoms with Crippen LogP contribution in [-0.2, 0) is 41.6 Å². The van der Waals surface area contributed by atoms with Crippen molar-refractivity contribution in [3.8, 4) is 0 Å². The summed E-state index contributed by atoms with van der Waals surface area (Å²) in [5.41, 5.74) is 1.83. The summed E-state index contributed by atoms with van der Waals surface area (Å²) in [6.45, 7) is 4.97. The molecule has 182 valence electrons. The molecule has 2 rings (SSSR count). The van der Waals surface area contributed by atoms with Gasteiger partial charge in [-0.05, 0) is 29.9 Å². The summed E-state index contributed by atoms with van der Waals surface area (Å²) < 4.78 is 10.5. The summed E-state index contributed by atoms with van der Waals surface area (Å²) in [6.07, 6.45) is 4.25. The Kier molecular flexibility index (Phi) is 11.2. The zero-order chi connectivity index (χ0) is 24.2. The van der Waals surface area contributed by atoms with Crippen LogP contribution in [0.15, 0.2) is 24.3 Å². The first-order chi connectivity index (χ1) is 15.8. The lowest BCUT2D eigenvalue weighted by Crippen LogP contribution is -2.30. The van der Waals surface area contributed by atoms with Gasteiger partial charge in [0.2, 0.25) is 5.91 Å². The third-order valence-electron chi connectivity index (χ3n) is 5.69. The third kappa shape index (κ3) is 9.86. The molecule has 0 radical (unpaired) electrons. The molecule has 1 aliphatic carbocycles. The summed E-state index contributed by atoms with van der Waals surface area (Å²) >= 11 is 0. The molecule has 0 bridgehead atoms. The lowest BCUT2D eigenvalue weighted by molar-refractivity contribution is -0.145. The van der Waals surface area contributed by atoms with Crippen LogP contribution in [0.5, 0.6) is 0 Å². The van der Waals surface area contributed by atoms with Gasteiger partial charge >= 0.3 is 5.97 Å². The number of benzene rings is 1. The van der Waals surface area contributed by atoms with Gasteiger partial charge in [-0.1, -0.05) is 44.5 Å². The Labute approximate surface area is 196 Å². The van der Waals surface area contributed by atoms with Crippen molar-refractivity contribution < 1.29 is 28.7 Å². The highest BCUT2D eigenvalue weighted by Gasteiger charge is 2.28. The molecule has 1 amide bonds. The first-order valence-corrected chi connectivity index (χ1v) is 11.9. The minimum atomic E-state index is -0.436. The molecule has 1 aromatic rings. The normalized spacial score (nSPS) is 16.0. The smallest absolute Gasteiger partial charge is 0.306 e. The molecule has 7 heteroatoms. The van der Waals surface area contributed by atoms with E-state index in [1.807, 2.05) is 38.1 Å². The van der Waals surface area contributed by atoms with Gasteiger partial charge < -0.3 is 14.4 Å². The summed E-state index contributed by atoms with van der Waals surface area (Å²) in [4.78, 5) is 49.7. The highest BCUT2D eigenvalue weighted by atomic mass is 16.5. The van der Waals surface area contributed by atoms with Crippen molar-refractivity contribution in [1.29, 1.82) is 0 Å². The fourth-order valence-electron chi connectivity index (χ4n) is 3.78. The fraction of sp³-hybridized carbons (Fsp3) is 0.615.